The zero-order valence-electron chi connectivity index (χ0n) is 11.0. The molecule has 2 heterocycles. The minimum Gasteiger partial charge on any atom is -0.334 e. The standard InChI is InChI=1S/C12H21N3O3S/c1-2-4-14-5-7-15(8-6-14)12(16)13-11-3-9-19(17,18)10-11/h2,11H,1,3-10H2,(H,13,16). The summed E-state index contributed by atoms with van der Waals surface area (Å²) in [5, 5.41) is 2.82. The molecule has 7 heteroatoms. The van der Waals surface area contributed by atoms with Gasteiger partial charge in [-0.1, -0.05) is 6.08 Å². The number of hydrogen-bond acceptors (Lipinski definition) is 4. The third-order valence-corrected chi connectivity index (χ3v) is 5.37. The number of hydrogen-bond donors (Lipinski definition) is 1. The smallest absolute Gasteiger partial charge is 0.317 e. The highest BCUT2D eigenvalue weighted by Gasteiger charge is 2.30. The molecule has 0 aromatic carbocycles. The maximum absolute atomic E-state index is 12.0. The van der Waals surface area contributed by atoms with E-state index < -0.39 is 9.84 Å². The van der Waals surface area contributed by atoms with E-state index in [4.69, 9.17) is 0 Å². The van der Waals surface area contributed by atoms with Crippen LogP contribution in [-0.4, -0.2) is 74.5 Å². The van der Waals surface area contributed by atoms with E-state index in [1.807, 2.05) is 6.08 Å². The Bertz CT molecular complexity index is 441. The van der Waals surface area contributed by atoms with Crippen molar-refractivity contribution in [3.05, 3.63) is 12.7 Å². The molecule has 2 rings (SSSR count). The van der Waals surface area contributed by atoms with Crippen molar-refractivity contribution in [2.24, 2.45) is 0 Å². The highest BCUT2D eigenvalue weighted by atomic mass is 32.2. The highest BCUT2D eigenvalue weighted by Crippen LogP contribution is 2.12. The SMILES string of the molecule is C=CCN1CCN(C(=O)NC2CCS(=O)(=O)C2)CC1. The van der Waals surface area contributed by atoms with E-state index in [1.165, 1.54) is 0 Å². The Morgan fingerprint density at radius 2 is 2.00 bits per heavy atom. The molecule has 0 aliphatic carbocycles. The van der Waals surface area contributed by atoms with Crippen LogP contribution in [0.1, 0.15) is 6.42 Å². The summed E-state index contributed by atoms with van der Waals surface area (Å²) < 4.78 is 22.7. The summed E-state index contributed by atoms with van der Waals surface area (Å²) in [4.78, 5) is 16.0. The molecule has 2 saturated heterocycles. The molecule has 0 spiro atoms. The first-order valence-corrected chi connectivity index (χ1v) is 8.41. The first-order valence-electron chi connectivity index (χ1n) is 6.59. The quantitative estimate of drug-likeness (QED) is 0.723. The maximum atomic E-state index is 12.0. The van der Waals surface area contributed by atoms with E-state index in [1.54, 1.807) is 4.90 Å². The predicted molar refractivity (Wildman–Crippen MR) is 73.8 cm³/mol. The minimum absolute atomic E-state index is 0.0785. The number of carbonyl (C=O) groups excluding carboxylic acids is 1. The highest BCUT2D eigenvalue weighted by molar-refractivity contribution is 7.91. The van der Waals surface area contributed by atoms with Crippen molar-refractivity contribution in [2.45, 2.75) is 12.5 Å². The normalized spacial score (nSPS) is 27.2. The Kier molecular flexibility index (Phi) is 4.46. The van der Waals surface area contributed by atoms with E-state index in [-0.39, 0.29) is 23.6 Å². The molecule has 2 aliphatic heterocycles. The lowest BCUT2D eigenvalue weighted by Crippen LogP contribution is -2.53. The zero-order valence-corrected chi connectivity index (χ0v) is 11.9. The Hall–Kier alpha value is -1.08. The molecule has 0 radical (unpaired) electrons. The molecule has 0 aromatic heterocycles. The molecular weight excluding hydrogens is 266 g/mol. The van der Waals surface area contributed by atoms with Crippen molar-refractivity contribution in [3.8, 4) is 0 Å². The van der Waals surface area contributed by atoms with Crippen LogP contribution in [0, 0.1) is 0 Å². The van der Waals surface area contributed by atoms with Gasteiger partial charge in [0.2, 0.25) is 0 Å². The van der Waals surface area contributed by atoms with Crippen molar-refractivity contribution in [1.29, 1.82) is 0 Å². The molecule has 2 amide bonds. The number of urea groups is 1. The van der Waals surface area contributed by atoms with Crippen LogP contribution in [-0.2, 0) is 9.84 Å². The Morgan fingerprint density at radius 1 is 1.32 bits per heavy atom. The van der Waals surface area contributed by atoms with Crippen molar-refractivity contribution >= 4 is 15.9 Å². The molecule has 1 unspecified atom stereocenters. The topological polar surface area (TPSA) is 69.7 Å². The third kappa shape index (κ3) is 3.94. The van der Waals surface area contributed by atoms with E-state index in [9.17, 15) is 13.2 Å². The van der Waals surface area contributed by atoms with Crippen LogP contribution in [0.15, 0.2) is 12.7 Å². The minimum atomic E-state index is -2.94. The molecule has 2 fully saturated rings. The molecule has 0 aromatic rings. The Balaban J connectivity index is 1.77. The second-order valence-corrected chi connectivity index (χ2v) is 7.35. The maximum Gasteiger partial charge on any atom is 0.317 e. The second-order valence-electron chi connectivity index (χ2n) is 5.13. The largest absolute Gasteiger partial charge is 0.334 e. The lowest BCUT2D eigenvalue weighted by atomic mass is 10.2. The summed E-state index contributed by atoms with van der Waals surface area (Å²) in [5.41, 5.74) is 0. The number of carbonyl (C=O) groups is 1. The number of amides is 2. The van der Waals surface area contributed by atoms with Crippen LogP contribution in [0.4, 0.5) is 4.79 Å². The van der Waals surface area contributed by atoms with Gasteiger partial charge in [-0.2, -0.15) is 0 Å². The molecule has 2 aliphatic rings. The van der Waals surface area contributed by atoms with Gasteiger partial charge < -0.3 is 10.2 Å². The van der Waals surface area contributed by atoms with Crippen LogP contribution < -0.4 is 5.32 Å². The molecule has 1 atom stereocenters. The fourth-order valence-corrected chi connectivity index (χ4v) is 4.16. The van der Waals surface area contributed by atoms with E-state index in [0.717, 1.165) is 19.6 Å². The Labute approximate surface area is 114 Å². The molecule has 108 valence electrons. The molecule has 19 heavy (non-hydrogen) atoms. The summed E-state index contributed by atoms with van der Waals surface area (Å²) in [6.07, 6.45) is 2.39. The number of nitrogens with zero attached hydrogens (tertiary/aromatic N) is 2. The van der Waals surface area contributed by atoms with Crippen LogP contribution in [0.5, 0.6) is 0 Å². The van der Waals surface area contributed by atoms with E-state index >= 15 is 0 Å². The van der Waals surface area contributed by atoms with Gasteiger partial charge in [0.25, 0.3) is 0 Å². The van der Waals surface area contributed by atoms with Crippen molar-refractivity contribution in [1.82, 2.24) is 15.1 Å². The number of piperazine rings is 1. The molecule has 0 saturated carbocycles. The second kappa shape index (κ2) is 5.92. The van der Waals surface area contributed by atoms with E-state index in [2.05, 4.69) is 16.8 Å². The third-order valence-electron chi connectivity index (χ3n) is 3.61. The van der Waals surface area contributed by atoms with Crippen molar-refractivity contribution in [3.63, 3.8) is 0 Å². The summed E-state index contributed by atoms with van der Waals surface area (Å²) in [6.45, 7) is 7.57. The zero-order chi connectivity index (χ0) is 13.9. The summed E-state index contributed by atoms with van der Waals surface area (Å²) in [5.74, 6) is 0.264. The molecule has 0 bridgehead atoms. The molecule has 1 N–H and O–H groups in total. The predicted octanol–water partition coefficient (Wildman–Crippen LogP) is -0.313. The first kappa shape index (κ1) is 14.3. The van der Waals surface area contributed by atoms with Crippen LogP contribution in [0.3, 0.4) is 0 Å². The first-order chi connectivity index (χ1) is 9.00. The van der Waals surface area contributed by atoms with Gasteiger partial charge in [0.15, 0.2) is 9.84 Å². The number of sulfone groups is 1. The lowest BCUT2D eigenvalue weighted by Gasteiger charge is -2.34. The van der Waals surface area contributed by atoms with Gasteiger partial charge in [-0.05, 0) is 6.42 Å². The summed E-state index contributed by atoms with van der Waals surface area (Å²) in [7, 11) is -2.94. The van der Waals surface area contributed by atoms with Gasteiger partial charge in [-0.15, -0.1) is 6.58 Å². The van der Waals surface area contributed by atoms with Crippen LogP contribution in [0.25, 0.3) is 0 Å². The van der Waals surface area contributed by atoms with Crippen molar-refractivity contribution in [2.75, 3.05) is 44.2 Å². The lowest BCUT2D eigenvalue weighted by molar-refractivity contribution is 0.145. The van der Waals surface area contributed by atoms with Gasteiger partial charge >= 0.3 is 6.03 Å². The monoisotopic (exact) mass is 287 g/mol. The van der Waals surface area contributed by atoms with Crippen LogP contribution in [0.2, 0.25) is 0 Å². The fourth-order valence-electron chi connectivity index (χ4n) is 2.49. The van der Waals surface area contributed by atoms with Gasteiger partial charge in [0.05, 0.1) is 11.5 Å². The molecule has 6 nitrogen and oxygen atoms in total. The molecular formula is C12H21N3O3S. The summed E-state index contributed by atoms with van der Waals surface area (Å²) in [6, 6.07) is -0.357. The van der Waals surface area contributed by atoms with Crippen LogP contribution >= 0.6 is 0 Å². The fraction of sp³-hybridized carbons (Fsp3) is 0.750. The van der Waals surface area contributed by atoms with Gasteiger partial charge in [0.1, 0.15) is 0 Å². The van der Waals surface area contributed by atoms with Gasteiger partial charge in [0, 0.05) is 38.8 Å². The van der Waals surface area contributed by atoms with E-state index in [0.29, 0.717) is 19.5 Å². The van der Waals surface area contributed by atoms with Gasteiger partial charge in [-0.25, -0.2) is 13.2 Å². The Morgan fingerprint density at radius 3 is 2.53 bits per heavy atom. The number of rotatable bonds is 3. The van der Waals surface area contributed by atoms with Crippen molar-refractivity contribution < 1.29 is 13.2 Å². The average molecular weight is 287 g/mol. The van der Waals surface area contributed by atoms with Gasteiger partial charge in [-0.3, -0.25) is 4.90 Å². The summed E-state index contributed by atoms with van der Waals surface area (Å²) >= 11 is 0. The number of nitrogens with one attached hydrogen (secondary N) is 1. The average Bonchev–Trinajstić information content (AvgIpc) is 2.70.